The molecule has 0 spiro atoms. The first-order chi connectivity index (χ1) is 11.1. The minimum Gasteiger partial charge on any atom is -0.434 e. The van der Waals surface area contributed by atoms with E-state index in [1.807, 2.05) is 0 Å². The van der Waals surface area contributed by atoms with Crippen LogP contribution in [0.4, 0.5) is 13.2 Å². The van der Waals surface area contributed by atoms with Gasteiger partial charge in [-0.2, -0.15) is 8.78 Å². The summed E-state index contributed by atoms with van der Waals surface area (Å²) < 4.78 is 41.9. The lowest BCUT2D eigenvalue weighted by atomic mass is 10.2. The van der Waals surface area contributed by atoms with E-state index in [1.54, 1.807) is 0 Å². The Hall–Kier alpha value is -1.80. The van der Waals surface area contributed by atoms with Gasteiger partial charge in [-0.1, -0.05) is 0 Å². The Kier molecular flexibility index (Phi) is 6.66. The molecule has 1 aliphatic heterocycles. The molecular weight excluding hydrogens is 311 g/mol. The number of carbonyl (C=O) groups excluding carboxylic acids is 1. The minimum absolute atomic E-state index is 0.103. The Morgan fingerprint density at radius 2 is 2.09 bits per heavy atom. The van der Waals surface area contributed by atoms with Crippen LogP contribution in [-0.4, -0.2) is 56.7 Å². The van der Waals surface area contributed by atoms with Crippen molar-refractivity contribution in [2.75, 3.05) is 39.3 Å². The number of hydrogen-bond donors (Lipinski definition) is 2. The van der Waals surface area contributed by atoms with Crippen molar-refractivity contribution in [2.45, 2.75) is 13.0 Å². The third kappa shape index (κ3) is 5.72. The van der Waals surface area contributed by atoms with Crippen LogP contribution in [0.15, 0.2) is 18.2 Å². The first-order valence-electron chi connectivity index (χ1n) is 7.52. The molecule has 128 valence electrons. The van der Waals surface area contributed by atoms with E-state index >= 15 is 0 Å². The number of piperazine rings is 1. The van der Waals surface area contributed by atoms with Gasteiger partial charge >= 0.3 is 6.61 Å². The Balaban J connectivity index is 1.82. The Morgan fingerprint density at radius 3 is 2.78 bits per heavy atom. The highest BCUT2D eigenvalue weighted by molar-refractivity contribution is 5.96. The number of ether oxygens (including phenoxy) is 1. The number of nitrogens with one attached hydrogen (secondary N) is 2. The lowest BCUT2D eigenvalue weighted by molar-refractivity contribution is -0.0503. The van der Waals surface area contributed by atoms with Crippen molar-refractivity contribution >= 4 is 5.91 Å². The molecular formula is C15H20F3N3O2. The standard InChI is InChI=1S/C15H20F3N3O2/c16-11-2-3-12(13(10-11)23-15(17)18)14(22)20-4-1-7-21-8-5-19-6-9-21/h2-3,10,15,19H,1,4-9H2,(H,20,22). The van der Waals surface area contributed by atoms with Crippen LogP contribution in [-0.2, 0) is 0 Å². The summed E-state index contributed by atoms with van der Waals surface area (Å²) in [5.41, 5.74) is -0.103. The van der Waals surface area contributed by atoms with Gasteiger partial charge in [0.1, 0.15) is 11.6 Å². The summed E-state index contributed by atoms with van der Waals surface area (Å²) >= 11 is 0. The average Bonchev–Trinajstić information content (AvgIpc) is 2.52. The molecule has 1 heterocycles. The van der Waals surface area contributed by atoms with Crippen LogP contribution in [0.3, 0.4) is 0 Å². The summed E-state index contributed by atoms with van der Waals surface area (Å²) in [5.74, 6) is -1.75. The summed E-state index contributed by atoms with van der Waals surface area (Å²) in [4.78, 5) is 14.3. The Bertz CT molecular complexity index is 523. The molecule has 0 atom stereocenters. The highest BCUT2D eigenvalue weighted by Crippen LogP contribution is 2.22. The predicted octanol–water partition coefficient (Wildman–Crippen LogP) is 1.45. The van der Waals surface area contributed by atoms with Gasteiger partial charge in [0.25, 0.3) is 5.91 Å². The quantitative estimate of drug-likeness (QED) is 0.743. The van der Waals surface area contributed by atoms with Crippen LogP contribution >= 0.6 is 0 Å². The molecule has 2 rings (SSSR count). The molecule has 1 amide bonds. The zero-order valence-electron chi connectivity index (χ0n) is 12.7. The molecule has 0 aromatic heterocycles. The molecule has 0 aliphatic carbocycles. The fraction of sp³-hybridized carbons (Fsp3) is 0.533. The van der Waals surface area contributed by atoms with Gasteiger partial charge < -0.3 is 20.3 Å². The van der Waals surface area contributed by atoms with Gasteiger partial charge in [0.2, 0.25) is 0 Å². The number of benzene rings is 1. The molecule has 2 N–H and O–H groups in total. The monoisotopic (exact) mass is 331 g/mol. The summed E-state index contributed by atoms with van der Waals surface area (Å²) in [6, 6.07) is 2.95. The van der Waals surface area contributed by atoms with Crippen molar-refractivity contribution in [1.29, 1.82) is 0 Å². The van der Waals surface area contributed by atoms with Gasteiger partial charge in [-0.05, 0) is 25.1 Å². The normalized spacial score (nSPS) is 15.7. The van der Waals surface area contributed by atoms with E-state index in [-0.39, 0.29) is 5.56 Å². The van der Waals surface area contributed by atoms with Crippen molar-refractivity contribution in [3.8, 4) is 5.75 Å². The van der Waals surface area contributed by atoms with Gasteiger partial charge in [-0.15, -0.1) is 0 Å². The van der Waals surface area contributed by atoms with E-state index in [0.717, 1.165) is 57.3 Å². The minimum atomic E-state index is -3.11. The van der Waals surface area contributed by atoms with Crippen molar-refractivity contribution in [3.05, 3.63) is 29.6 Å². The second kappa shape index (κ2) is 8.73. The lowest BCUT2D eigenvalue weighted by Gasteiger charge is -2.27. The second-order valence-corrected chi connectivity index (χ2v) is 5.22. The van der Waals surface area contributed by atoms with Crippen LogP contribution in [0.2, 0.25) is 0 Å². The van der Waals surface area contributed by atoms with Gasteiger partial charge in [-0.25, -0.2) is 4.39 Å². The van der Waals surface area contributed by atoms with Gasteiger partial charge in [0.05, 0.1) is 5.56 Å². The number of amides is 1. The molecule has 0 radical (unpaired) electrons. The zero-order chi connectivity index (χ0) is 16.7. The molecule has 0 bridgehead atoms. The molecule has 1 aliphatic rings. The van der Waals surface area contributed by atoms with E-state index in [2.05, 4.69) is 20.3 Å². The summed E-state index contributed by atoms with van der Waals surface area (Å²) in [6.07, 6.45) is 0.748. The molecule has 0 saturated carbocycles. The van der Waals surface area contributed by atoms with Crippen molar-refractivity contribution in [1.82, 2.24) is 15.5 Å². The summed E-state index contributed by atoms with van der Waals surface area (Å²) in [7, 11) is 0. The van der Waals surface area contributed by atoms with E-state index in [9.17, 15) is 18.0 Å². The van der Waals surface area contributed by atoms with Gasteiger partial charge in [-0.3, -0.25) is 4.79 Å². The molecule has 5 nitrogen and oxygen atoms in total. The number of hydrogen-bond acceptors (Lipinski definition) is 4. The number of carbonyl (C=O) groups is 1. The fourth-order valence-electron chi connectivity index (χ4n) is 2.41. The third-order valence-corrected chi connectivity index (χ3v) is 3.55. The van der Waals surface area contributed by atoms with Crippen molar-refractivity contribution in [2.24, 2.45) is 0 Å². The summed E-state index contributed by atoms with van der Waals surface area (Å²) in [6.45, 7) is 2.00. The van der Waals surface area contributed by atoms with E-state index in [4.69, 9.17) is 0 Å². The third-order valence-electron chi connectivity index (χ3n) is 3.55. The van der Waals surface area contributed by atoms with Crippen molar-refractivity contribution in [3.63, 3.8) is 0 Å². The maximum absolute atomic E-state index is 13.1. The fourth-order valence-corrected chi connectivity index (χ4v) is 2.41. The lowest BCUT2D eigenvalue weighted by Crippen LogP contribution is -2.44. The Morgan fingerprint density at radius 1 is 1.35 bits per heavy atom. The smallest absolute Gasteiger partial charge is 0.387 e. The zero-order valence-corrected chi connectivity index (χ0v) is 12.7. The SMILES string of the molecule is O=C(NCCCN1CCNCC1)c1ccc(F)cc1OC(F)F. The van der Waals surface area contributed by atoms with Crippen LogP contribution in [0.1, 0.15) is 16.8 Å². The first kappa shape index (κ1) is 17.6. The molecule has 1 saturated heterocycles. The number of alkyl halides is 2. The highest BCUT2D eigenvalue weighted by Gasteiger charge is 2.16. The maximum Gasteiger partial charge on any atom is 0.387 e. The molecule has 1 aromatic carbocycles. The molecule has 23 heavy (non-hydrogen) atoms. The number of halogens is 3. The van der Waals surface area contributed by atoms with E-state index in [0.29, 0.717) is 6.54 Å². The van der Waals surface area contributed by atoms with Crippen LogP contribution in [0, 0.1) is 5.82 Å². The van der Waals surface area contributed by atoms with Gasteiger partial charge in [0, 0.05) is 38.8 Å². The topological polar surface area (TPSA) is 53.6 Å². The van der Waals surface area contributed by atoms with E-state index < -0.39 is 24.1 Å². The maximum atomic E-state index is 13.1. The molecule has 8 heteroatoms. The second-order valence-electron chi connectivity index (χ2n) is 5.22. The molecule has 1 fully saturated rings. The number of rotatable bonds is 7. The van der Waals surface area contributed by atoms with Gasteiger partial charge in [0.15, 0.2) is 0 Å². The van der Waals surface area contributed by atoms with E-state index in [1.165, 1.54) is 0 Å². The Labute approximate surface area is 132 Å². The van der Waals surface area contributed by atoms with Crippen LogP contribution < -0.4 is 15.4 Å². The first-order valence-corrected chi connectivity index (χ1v) is 7.52. The predicted molar refractivity (Wildman–Crippen MR) is 79.3 cm³/mol. The summed E-state index contributed by atoms with van der Waals surface area (Å²) in [5, 5.41) is 5.90. The molecule has 1 aromatic rings. The van der Waals surface area contributed by atoms with Crippen LogP contribution in [0.5, 0.6) is 5.75 Å². The average molecular weight is 331 g/mol. The highest BCUT2D eigenvalue weighted by atomic mass is 19.3. The van der Waals surface area contributed by atoms with Crippen LogP contribution in [0.25, 0.3) is 0 Å². The molecule has 0 unspecified atom stereocenters. The number of nitrogens with zero attached hydrogens (tertiary/aromatic N) is 1. The largest absolute Gasteiger partial charge is 0.434 e. The van der Waals surface area contributed by atoms with Crippen molar-refractivity contribution < 1.29 is 22.7 Å².